The van der Waals surface area contributed by atoms with Gasteiger partial charge >= 0.3 is 0 Å². The van der Waals surface area contributed by atoms with Crippen LogP contribution in [0.4, 0.5) is 11.5 Å². The molecule has 18 heavy (non-hydrogen) atoms. The number of rotatable bonds is 2. The van der Waals surface area contributed by atoms with Gasteiger partial charge in [0, 0.05) is 13.2 Å². The Balaban J connectivity index is 2.09. The summed E-state index contributed by atoms with van der Waals surface area (Å²) in [5.74, 6) is 0.606. The average molecular weight is 264 g/mol. The number of halogens is 1. The van der Waals surface area contributed by atoms with Crippen LogP contribution in [0.3, 0.4) is 0 Å². The SMILES string of the molecule is Cc1nn(C)cc1Nc1nc(Cl)nc2[nH]ncc12. The van der Waals surface area contributed by atoms with Gasteiger partial charge in [-0.25, -0.2) is 0 Å². The summed E-state index contributed by atoms with van der Waals surface area (Å²) in [6, 6.07) is 0. The zero-order valence-electron chi connectivity index (χ0n) is 9.77. The first-order valence-corrected chi connectivity index (χ1v) is 5.65. The largest absolute Gasteiger partial charge is 0.337 e. The number of aromatic amines is 1. The maximum absolute atomic E-state index is 5.86. The van der Waals surface area contributed by atoms with Crippen molar-refractivity contribution in [2.75, 3.05) is 5.32 Å². The highest BCUT2D eigenvalue weighted by Gasteiger charge is 2.11. The number of nitrogens with zero attached hydrogens (tertiary/aromatic N) is 5. The van der Waals surface area contributed by atoms with Crippen molar-refractivity contribution >= 4 is 34.1 Å². The van der Waals surface area contributed by atoms with Crippen LogP contribution in [0.2, 0.25) is 5.28 Å². The van der Waals surface area contributed by atoms with E-state index in [9.17, 15) is 0 Å². The Bertz CT molecular complexity index is 714. The maximum Gasteiger partial charge on any atom is 0.226 e. The lowest BCUT2D eigenvalue weighted by atomic mass is 10.3. The topological polar surface area (TPSA) is 84.3 Å². The molecule has 7 nitrogen and oxygen atoms in total. The Morgan fingerprint density at radius 3 is 2.94 bits per heavy atom. The molecule has 0 aromatic carbocycles. The molecule has 0 saturated heterocycles. The van der Waals surface area contributed by atoms with E-state index < -0.39 is 0 Å². The smallest absolute Gasteiger partial charge is 0.226 e. The van der Waals surface area contributed by atoms with Crippen molar-refractivity contribution < 1.29 is 0 Å². The highest BCUT2D eigenvalue weighted by molar-refractivity contribution is 6.28. The Morgan fingerprint density at radius 1 is 1.39 bits per heavy atom. The van der Waals surface area contributed by atoms with E-state index in [4.69, 9.17) is 11.6 Å². The fraction of sp³-hybridized carbons (Fsp3) is 0.200. The Labute approximate surface area is 107 Å². The number of aryl methyl sites for hydroxylation is 2. The normalized spacial score (nSPS) is 11.1. The summed E-state index contributed by atoms with van der Waals surface area (Å²) in [6.07, 6.45) is 3.52. The number of aromatic nitrogens is 6. The molecule has 3 aromatic rings. The summed E-state index contributed by atoms with van der Waals surface area (Å²) >= 11 is 5.86. The summed E-state index contributed by atoms with van der Waals surface area (Å²) in [6.45, 7) is 1.91. The number of hydrogen-bond donors (Lipinski definition) is 2. The van der Waals surface area contributed by atoms with Gasteiger partial charge in [-0.15, -0.1) is 0 Å². The van der Waals surface area contributed by atoms with Crippen LogP contribution >= 0.6 is 11.6 Å². The van der Waals surface area contributed by atoms with E-state index in [2.05, 4.69) is 30.6 Å². The van der Waals surface area contributed by atoms with Gasteiger partial charge in [0.05, 0.1) is 23.0 Å². The van der Waals surface area contributed by atoms with E-state index >= 15 is 0 Å². The molecule has 0 unspecified atom stereocenters. The lowest BCUT2D eigenvalue weighted by Gasteiger charge is -2.04. The van der Waals surface area contributed by atoms with Gasteiger partial charge in [0.15, 0.2) is 5.65 Å². The molecular formula is C10H10ClN7. The summed E-state index contributed by atoms with van der Waals surface area (Å²) in [4.78, 5) is 8.21. The fourth-order valence-electron chi connectivity index (χ4n) is 1.75. The van der Waals surface area contributed by atoms with Crippen molar-refractivity contribution in [2.45, 2.75) is 6.92 Å². The number of fused-ring (bicyclic) bond motifs is 1. The predicted octanol–water partition coefficient (Wildman–Crippen LogP) is 1.79. The first kappa shape index (κ1) is 11.0. The summed E-state index contributed by atoms with van der Waals surface area (Å²) in [7, 11) is 1.86. The zero-order valence-corrected chi connectivity index (χ0v) is 10.5. The standard InChI is InChI=1S/C10H10ClN7/c1-5-7(4-18(2)17-5)13-8-6-3-12-16-9(6)15-10(11)14-8/h3-4H,1-2H3,(H2,12,13,14,15,16). The molecule has 3 heterocycles. The van der Waals surface area contributed by atoms with E-state index in [1.807, 2.05) is 20.2 Å². The predicted molar refractivity (Wildman–Crippen MR) is 67.9 cm³/mol. The minimum atomic E-state index is 0.163. The van der Waals surface area contributed by atoms with Crippen LogP contribution in [0.25, 0.3) is 11.0 Å². The van der Waals surface area contributed by atoms with Gasteiger partial charge in [0.2, 0.25) is 5.28 Å². The fourth-order valence-corrected chi connectivity index (χ4v) is 1.92. The van der Waals surface area contributed by atoms with Crippen molar-refractivity contribution in [3.63, 3.8) is 0 Å². The van der Waals surface area contributed by atoms with Crippen molar-refractivity contribution in [1.29, 1.82) is 0 Å². The van der Waals surface area contributed by atoms with Crippen molar-refractivity contribution in [3.8, 4) is 0 Å². The van der Waals surface area contributed by atoms with Crippen LogP contribution in [-0.4, -0.2) is 29.9 Å². The molecule has 0 spiro atoms. The third kappa shape index (κ3) is 1.78. The molecule has 0 aliphatic heterocycles. The minimum Gasteiger partial charge on any atom is -0.337 e. The van der Waals surface area contributed by atoms with Crippen LogP contribution in [0.15, 0.2) is 12.4 Å². The van der Waals surface area contributed by atoms with Gasteiger partial charge < -0.3 is 5.32 Å². The highest BCUT2D eigenvalue weighted by Crippen LogP contribution is 2.24. The molecule has 92 valence electrons. The third-order valence-electron chi connectivity index (χ3n) is 2.55. The van der Waals surface area contributed by atoms with Crippen LogP contribution in [0.1, 0.15) is 5.69 Å². The van der Waals surface area contributed by atoms with Crippen LogP contribution in [0, 0.1) is 6.92 Å². The van der Waals surface area contributed by atoms with Gasteiger partial charge in [0.25, 0.3) is 0 Å². The van der Waals surface area contributed by atoms with E-state index in [-0.39, 0.29) is 5.28 Å². The molecule has 0 radical (unpaired) electrons. The lowest BCUT2D eigenvalue weighted by molar-refractivity contribution is 0.756. The monoisotopic (exact) mass is 263 g/mol. The highest BCUT2D eigenvalue weighted by atomic mass is 35.5. The molecule has 0 atom stereocenters. The second-order valence-corrected chi connectivity index (χ2v) is 4.24. The number of nitrogens with one attached hydrogen (secondary N) is 2. The summed E-state index contributed by atoms with van der Waals surface area (Å²) in [5.41, 5.74) is 2.35. The molecule has 8 heteroatoms. The molecule has 0 saturated carbocycles. The van der Waals surface area contributed by atoms with Crippen molar-refractivity contribution in [1.82, 2.24) is 29.9 Å². The summed E-state index contributed by atoms with van der Waals surface area (Å²) < 4.78 is 1.73. The minimum absolute atomic E-state index is 0.163. The van der Waals surface area contributed by atoms with Crippen LogP contribution in [0.5, 0.6) is 0 Å². The quantitative estimate of drug-likeness (QED) is 0.689. The van der Waals surface area contributed by atoms with Gasteiger partial charge in [-0.3, -0.25) is 9.78 Å². The Kier molecular flexibility index (Phi) is 2.41. The van der Waals surface area contributed by atoms with Crippen LogP contribution < -0.4 is 5.32 Å². The second-order valence-electron chi connectivity index (χ2n) is 3.90. The Hall–Kier alpha value is -2.15. The molecular weight excluding hydrogens is 254 g/mol. The van der Waals surface area contributed by atoms with E-state index in [0.717, 1.165) is 16.8 Å². The van der Waals surface area contributed by atoms with E-state index in [1.165, 1.54) is 0 Å². The number of H-pyrrole nitrogens is 1. The molecule has 0 fully saturated rings. The molecule has 3 aromatic heterocycles. The number of hydrogen-bond acceptors (Lipinski definition) is 5. The van der Waals surface area contributed by atoms with Gasteiger partial charge in [-0.1, -0.05) is 0 Å². The zero-order chi connectivity index (χ0) is 12.7. The van der Waals surface area contributed by atoms with Gasteiger partial charge in [0.1, 0.15) is 5.82 Å². The first-order valence-electron chi connectivity index (χ1n) is 5.27. The number of anilines is 2. The molecule has 3 rings (SSSR count). The average Bonchev–Trinajstić information content (AvgIpc) is 2.86. The van der Waals surface area contributed by atoms with E-state index in [0.29, 0.717) is 11.5 Å². The van der Waals surface area contributed by atoms with Gasteiger partial charge in [-0.2, -0.15) is 20.2 Å². The summed E-state index contributed by atoms with van der Waals surface area (Å²) in [5, 5.41) is 15.1. The van der Waals surface area contributed by atoms with Crippen LogP contribution in [-0.2, 0) is 7.05 Å². The molecule has 0 aliphatic carbocycles. The third-order valence-corrected chi connectivity index (χ3v) is 2.72. The van der Waals surface area contributed by atoms with Gasteiger partial charge in [-0.05, 0) is 18.5 Å². The second kappa shape index (κ2) is 3.95. The first-order chi connectivity index (χ1) is 8.63. The lowest BCUT2D eigenvalue weighted by Crippen LogP contribution is -1.96. The molecule has 0 amide bonds. The van der Waals surface area contributed by atoms with E-state index in [1.54, 1.807) is 10.9 Å². The Morgan fingerprint density at radius 2 is 2.22 bits per heavy atom. The van der Waals surface area contributed by atoms with Crippen molar-refractivity contribution in [3.05, 3.63) is 23.4 Å². The molecule has 0 aliphatic rings. The van der Waals surface area contributed by atoms with Crippen molar-refractivity contribution in [2.24, 2.45) is 7.05 Å². The molecule has 0 bridgehead atoms. The molecule has 2 N–H and O–H groups in total. The maximum atomic E-state index is 5.86.